The second-order valence-electron chi connectivity index (χ2n) is 11.2. The number of benzene rings is 2. The molecule has 4 aliphatic rings. The van der Waals surface area contributed by atoms with Crippen LogP contribution in [0.25, 0.3) is 11.4 Å². The number of aromatic carboxylic acids is 1. The van der Waals surface area contributed by atoms with Gasteiger partial charge in [-0.1, -0.05) is 18.2 Å². The Morgan fingerprint density at radius 2 is 1.69 bits per heavy atom. The number of phenols is 1. The van der Waals surface area contributed by atoms with Crippen LogP contribution in [0.2, 0.25) is 0 Å². The van der Waals surface area contributed by atoms with Crippen molar-refractivity contribution in [3.05, 3.63) is 65.5 Å². The minimum Gasteiger partial charge on any atom is -0.507 e. The number of imidazole rings is 1. The smallest absolute Gasteiger partial charge is 0.335 e. The molecule has 0 aliphatic heterocycles. The first-order chi connectivity index (χ1) is 17.4. The number of nitrogens with one attached hydrogen (secondary N) is 2. The van der Waals surface area contributed by atoms with Crippen LogP contribution in [0.1, 0.15) is 71.5 Å². The van der Waals surface area contributed by atoms with Crippen molar-refractivity contribution in [2.75, 3.05) is 5.32 Å². The summed E-state index contributed by atoms with van der Waals surface area (Å²) in [5, 5.41) is 22.5. The Hall–Kier alpha value is -3.61. The van der Waals surface area contributed by atoms with Gasteiger partial charge in [0, 0.05) is 11.4 Å². The van der Waals surface area contributed by atoms with Crippen LogP contribution in [-0.4, -0.2) is 32.1 Å². The number of aromatic hydroxyl groups is 1. The molecule has 36 heavy (non-hydrogen) atoms. The summed E-state index contributed by atoms with van der Waals surface area (Å²) < 4.78 is 0. The van der Waals surface area contributed by atoms with Gasteiger partial charge in [0.05, 0.1) is 11.1 Å². The molecular formula is C29H31N3O4. The van der Waals surface area contributed by atoms with Crippen LogP contribution >= 0.6 is 0 Å². The third kappa shape index (κ3) is 4.27. The van der Waals surface area contributed by atoms with Crippen molar-refractivity contribution in [1.29, 1.82) is 0 Å². The number of carbonyl (C=O) groups excluding carboxylic acids is 1. The molecule has 0 spiro atoms. The highest BCUT2D eigenvalue weighted by molar-refractivity contribution is 6.04. The third-order valence-corrected chi connectivity index (χ3v) is 8.59. The first-order valence-corrected chi connectivity index (χ1v) is 12.9. The Kier molecular flexibility index (Phi) is 5.58. The van der Waals surface area contributed by atoms with E-state index in [4.69, 9.17) is 0 Å². The van der Waals surface area contributed by atoms with Crippen LogP contribution in [0.15, 0.2) is 48.5 Å². The summed E-state index contributed by atoms with van der Waals surface area (Å²) >= 11 is 0. The van der Waals surface area contributed by atoms with Gasteiger partial charge in [-0.15, -0.1) is 0 Å². The summed E-state index contributed by atoms with van der Waals surface area (Å²) in [5.74, 6) is 1.69. The van der Waals surface area contributed by atoms with Gasteiger partial charge in [0.25, 0.3) is 5.91 Å². The van der Waals surface area contributed by atoms with E-state index in [0.717, 1.165) is 29.9 Å². The highest BCUT2D eigenvalue weighted by Crippen LogP contribution is 2.61. The van der Waals surface area contributed by atoms with Crippen molar-refractivity contribution >= 4 is 17.6 Å². The Labute approximate surface area is 210 Å². The molecule has 2 aromatic carbocycles. The number of para-hydroxylation sites is 1. The zero-order valence-electron chi connectivity index (χ0n) is 20.2. The van der Waals surface area contributed by atoms with E-state index in [1.54, 1.807) is 30.3 Å². The minimum atomic E-state index is -1.05. The van der Waals surface area contributed by atoms with E-state index >= 15 is 0 Å². The summed E-state index contributed by atoms with van der Waals surface area (Å²) in [6.07, 6.45) is 9.80. The number of hydrogen-bond donors (Lipinski definition) is 4. The number of carboxylic acids is 1. The SMILES string of the molecule is O=C(O)c1cccc(NC(=O)c2nc(-c3ccccc3O)[nH]c2CCC23CC4CC(CC(C4)C2)C3)c1. The van der Waals surface area contributed by atoms with Crippen LogP contribution < -0.4 is 5.32 Å². The predicted octanol–water partition coefficient (Wildman–Crippen LogP) is 5.88. The molecule has 4 aliphatic carbocycles. The van der Waals surface area contributed by atoms with Crippen molar-refractivity contribution in [2.24, 2.45) is 23.2 Å². The Balaban J connectivity index is 1.29. The number of aromatic nitrogens is 2. The number of carboxylic acid groups (broad SMARTS) is 1. The number of amides is 1. The first-order valence-electron chi connectivity index (χ1n) is 12.9. The zero-order chi connectivity index (χ0) is 24.9. The average molecular weight is 486 g/mol. The molecule has 4 fully saturated rings. The summed E-state index contributed by atoms with van der Waals surface area (Å²) in [6, 6.07) is 13.1. The maximum atomic E-state index is 13.4. The molecular weight excluding hydrogens is 454 g/mol. The molecule has 186 valence electrons. The molecule has 7 nitrogen and oxygen atoms in total. The second-order valence-corrected chi connectivity index (χ2v) is 11.2. The summed E-state index contributed by atoms with van der Waals surface area (Å²) in [5.41, 5.74) is 2.46. The van der Waals surface area contributed by atoms with Gasteiger partial charge in [-0.3, -0.25) is 4.79 Å². The quantitative estimate of drug-likeness (QED) is 0.333. The normalized spacial score (nSPS) is 26.2. The molecule has 0 unspecified atom stereocenters. The lowest BCUT2D eigenvalue weighted by Crippen LogP contribution is -2.46. The third-order valence-electron chi connectivity index (χ3n) is 8.59. The van der Waals surface area contributed by atoms with E-state index in [0.29, 0.717) is 34.6 Å². The molecule has 1 amide bonds. The molecule has 4 bridgehead atoms. The van der Waals surface area contributed by atoms with Crippen molar-refractivity contribution in [3.8, 4) is 17.1 Å². The van der Waals surface area contributed by atoms with E-state index in [1.165, 1.54) is 50.7 Å². The van der Waals surface area contributed by atoms with Crippen molar-refractivity contribution in [1.82, 2.24) is 9.97 Å². The lowest BCUT2D eigenvalue weighted by Gasteiger charge is -2.57. The summed E-state index contributed by atoms with van der Waals surface area (Å²) in [4.78, 5) is 32.7. The van der Waals surface area contributed by atoms with Gasteiger partial charge in [0.2, 0.25) is 0 Å². The topological polar surface area (TPSA) is 115 Å². The number of phenolic OH excluding ortho intramolecular Hbond substituents is 1. The Bertz CT molecular complexity index is 1290. The summed E-state index contributed by atoms with van der Waals surface area (Å²) in [7, 11) is 0. The molecule has 7 heteroatoms. The summed E-state index contributed by atoms with van der Waals surface area (Å²) in [6.45, 7) is 0. The van der Waals surface area contributed by atoms with E-state index in [1.807, 2.05) is 6.07 Å². The Morgan fingerprint density at radius 1 is 1.00 bits per heavy atom. The van der Waals surface area contributed by atoms with E-state index < -0.39 is 11.9 Å². The number of rotatable bonds is 7. The second kappa shape index (κ2) is 8.80. The molecule has 0 radical (unpaired) electrons. The van der Waals surface area contributed by atoms with Crippen LogP contribution in [0, 0.1) is 23.2 Å². The molecule has 3 aromatic rings. The monoisotopic (exact) mass is 485 g/mol. The van der Waals surface area contributed by atoms with Crippen molar-refractivity contribution in [2.45, 2.75) is 51.4 Å². The minimum absolute atomic E-state index is 0.0972. The first kappa shape index (κ1) is 22.8. The number of aryl methyl sites for hydroxylation is 1. The molecule has 4 saturated carbocycles. The largest absolute Gasteiger partial charge is 0.507 e. The maximum absolute atomic E-state index is 13.4. The molecule has 1 aromatic heterocycles. The van der Waals surface area contributed by atoms with Gasteiger partial charge >= 0.3 is 5.97 Å². The van der Waals surface area contributed by atoms with Gasteiger partial charge < -0.3 is 20.5 Å². The lowest BCUT2D eigenvalue weighted by molar-refractivity contribution is -0.0570. The van der Waals surface area contributed by atoms with E-state index in [2.05, 4.69) is 15.3 Å². The number of nitrogens with zero attached hydrogens (tertiary/aromatic N) is 1. The molecule has 0 atom stereocenters. The van der Waals surface area contributed by atoms with E-state index in [-0.39, 0.29) is 11.3 Å². The fraction of sp³-hybridized carbons (Fsp3) is 0.414. The molecule has 4 N–H and O–H groups in total. The molecule has 0 saturated heterocycles. The maximum Gasteiger partial charge on any atom is 0.335 e. The van der Waals surface area contributed by atoms with Gasteiger partial charge in [-0.2, -0.15) is 0 Å². The molecule has 7 rings (SSSR count). The standard InChI is InChI=1S/C29H31N3O4/c33-24-7-2-1-6-22(24)26-31-23(8-9-29-14-17-10-18(15-29)12-19(11-17)16-29)25(32-26)27(34)30-21-5-3-4-20(13-21)28(35)36/h1-7,13,17-19,33H,8-12,14-16H2,(H,30,34)(H,31,32)(H,35,36). The number of hydrogen-bond acceptors (Lipinski definition) is 4. The predicted molar refractivity (Wildman–Crippen MR) is 136 cm³/mol. The van der Waals surface area contributed by atoms with Crippen LogP contribution in [0.4, 0.5) is 5.69 Å². The average Bonchev–Trinajstić information content (AvgIpc) is 3.27. The van der Waals surface area contributed by atoms with E-state index in [9.17, 15) is 19.8 Å². The van der Waals surface area contributed by atoms with Gasteiger partial charge in [0.15, 0.2) is 0 Å². The highest BCUT2D eigenvalue weighted by Gasteiger charge is 2.50. The van der Waals surface area contributed by atoms with Crippen LogP contribution in [-0.2, 0) is 6.42 Å². The van der Waals surface area contributed by atoms with Gasteiger partial charge in [-0.25, -0.2) is 9.78 Å². The van der Waals surface area contributed by atoms with Crippen molar-refractivity contribution in [3.63, 3.8) is 0 Å². The van der Waals surface area contributed by atoms with Crippen molar-refractivity contribution < 1.29 is 19.8 Å². The molecule has 1 heterocycles. The van der Waals surface area contributed by atoms with Crippen LogP contribution in [0.3, 0.4) is 0 Å². The Morgan fingerprint density at radius 3 is 2.36 bits per heavy atom. The number of H-pyrrole nitrogens is 1. The fourth-order valence-electron chi connectivity index (χ4n) is 7.49. The number of anilines is 1. The fourth-order valence-corrected chi connectivity index (χ4v) is 7.49. The lowest BCUT2D eigenvalue weighted by atomic mass is 9.48. The number of carbonyl (C=O) groups is 2. The van der Waals surface area contributed by atoms with Crippen LogP contribution in [0.5, 0.6) is 5.75 Å². The zero-order valence-corrected chi connectivity index (χ0v) is 20.2. The highest BCUT2D eigenvalue weighted by atomic mass is 16.4. The number of aromatic amines is 1. The van der Waals surface area contributed by atoms with Gasteiger partial charge in [-0.05, 0) is 105 Å². The van der Waals surface area contributed by atoms with Gasteiger partial charge in [0.1, 0.15) is 17.3 Å².